The van der Waals surface area contributed by atoms with Gasteiger partial charge in [-0.2, -0.15) is 0 Å². The predicted molar refractivity (Wildman–Crippen MR) is 63.0 cm³/mol. The first-order chi connectivity index (χ1) is 7.31. The van der Waals surface area contributed by atoms with Crippen LogP contribution in [0.15, 0.2) is 18.2 Å². The van der Waals surface area contributed by atoms with Crippen LogP contribution in [0.25, 0.3) is 0 Å². The monoisotopic (exact) mass is 228 g/mol. The Morgan fingerprint density at radius 3 is 2.67 bits per heavy atom. The summed E-state index contributed by atoms with van der Waals surface area (Å²) in [5, 5.41) is 0. The number of unbranched alkanes of at least 4 members (excludes halogenated alkanes) is 1. The molecule has 0 atom stereocenters. The van der Waals surface area contributed by atoms with Crippen LogP contribution in [0, 0.1) is 0 Å². The highest BCUT2D eigenvalue weighted by Crippen LogP contribution is 2.28. The van der Waals surface area contributed by atoms with Crippen LogP contribution < -0.4 is 9.47 Å². The van der Waals surface area contributed by atoms with E-state index in [0.717, 1.165) is 36.5 Å². The largest absolute Gasteiger partial charge is 0.493 e. The molecule has 1 aromatic rings. The van der Waals surface area contributed by atoms with E-state index in [4.69, 9.17) is 21.1 Å². The summed E-state index contributed by atoms with van der Waals surface area (Å²) in [4.78, 5) is 0. The number of benzene rings is 1. The van der Waals surface area contributed by atoms with Crippen LogP contribution in [0.2, 0.25) is 0 Å². The SMILES string of the molecule is CCCCOc1cc(CCl)ccc1OC. The first kappa shape index (κ1) is 12.2. The van der Waals surface area contributed by atoms with E-state index in [2.05, 4.69) is 6.92 Å². The molecule has 0 unspecified atom stereocenters. The van der Waals surface area contributed by atoms with E-state index in [1.165, 1.54) is 0 Å². The van der Waals surface area contributed by atoms with Crippen molar-refractivity contribution in [2.45, 2.75) is 25.6 Å². The highest BCUT2D eigenvalue weighted by Gasteiger charge is 2.04. The van der Waals surface area contributed by atoms with Gasteiger partial charge in [0.1, 0.15) is 0 Å². The van der Waals surface area contributed by atoms with Crippen LogP contribution in [0.3, 0.4) is 0 Å². The topological polar surface area (TPSA) is 18.5 Å². The number of methoxy groups -OCH3 is 1. The summed E-state index contributed by atoms with van der Waals surface area (Å²) in [6.07, 6.45) is 2.17. The predicted octanol–water partition coefficient (Wildman–Crippen LogP) is 3.61. The molecule has 0 amide bonds. The maximum Gasteiger partial charge on any atom is 0.161 e. The van der Waals surface area contributed by atoms with E-state index in [9.17, 15) is 0 Å². The van der Waals surface area contributed by atoms with Crippen molar-refractivity contribution in [3.05, 3.63) is 23.8 Å². The van der Waals surface area contributed by atoms with Gasteiger partial charge in [0.05, 0.1) is 13.7 Å². The lowest BCUT2D eigenvalue weighted by Crippen LogP contribution is -1.99. The van der Waals surface area contributed by atoms with Crippen LogP contribution in [0.4, 0.5) is 0 Å². The Morgan fingerprint density at radius 2 is 2.07 bits per heavy atom. The number of halogens is 1. The first-order valence-electron chi connectivity index (χ1n) is 5.17. The van der Waals surface area contributed by atoms with E-state index >= 15 is 0 Å². The van der Waals surface area contributed by atoms with Gasteiger partial charge in [-0.1, -0.05) is 19.4 Å². The van der Waals surface area contributed by atoms with Gasteiger partial charge in [-0.05, 0) is 24.1 Å². The van der Waals surface area contributed by atoms with Crippen LogP contribution >= 0.6 is 11.6 Å². The lowest BCUT2D eigenvalue weighted by Gasteiger charge is -2.11. The Balaban J connectivity index is 2.72. The zero-order valence-electron chi connectivity index (χ0n) is 9.25. The molecule has 0 saturated heterocycles. The summed E-state index contributed by atoms with van der Waals surface area (Å²) in [5.41, 5.74) is 1.05. The Kier molecular flexibility index (Phi) is 5.33. The number of alkyl halides is 1. The molecule has 3 heteroatoms. The van der Waals surface area contributed by atoms with Gasteiger partial charge in [0.25, 0.3) is 0 Å². The van der Waals surface area contributed by atoms with Crippen molar-refractivity contribution in [1.82, 2.24) is 0 Å². The molecular weight excluding hydrogens is 212 g/mol. The minimum Gasteiger partial charge on any atom is -0.493 e. The standard InChI is InChI=1S/C12H17ClO2/c1-3-4-7-15-12-8-10(9-13)5-6-11(12)14-2/h5-6,8H,3-4,7,9H2,1-2H3. The third-order valence-electron chi connectivity index (χ3n) is 2.14. The zero-order chi connectivity index (χ0) is 11.1. The van der Waals surface area contributed by atoms with E-state index in [1.54, 1.807) is 7.11 Å². The smallest absolute Gasteiger partial charge is 0.161 e. The maximum absolute atomic E-state index is 5.76. The number of hydrogen-bond donors (Lipinski definition) is 0. The molecule has 0 aromatic heterocycles. The van der Waals surface area contributed by atoms with E-state index in [0.29, 0.717) is 5.88 Å². The number of hydrogen-bond acceptors (Lipinski definition) is 2. The summed E-state index contributed by atoms with van der Waals surface area (Å²) < 4.78 is 10.8. The molecule has 1 aromatic carbocycles. The molecule has 0 spiro atoms. The van der Waals surface area contributed by atoms with Crippen molar-refractivity contribution >= 4 is 11.6 Å². The van der Waals surface area contributed by atoms with Crippen LogP contribution in [0.1, 0.15) is 25.3 Å². The Labute approximate surface area is 96.2 Å². The lowest BCUT2D eigenvalue weighted by atomic mass is 10.2. The molecule has 0 fully saturated rings. The Hall–Kier alpha value is -0.890. The second kappa shape index (κ2) is 6.57. The lowest BCUT2D eigenvalue weighted by molar-refractivity contribution is 0.288. The Bertz CT molecular complexity index is 300. The fourth-order valence-electron chi connectivity index (χ4n) is 1.24. The third-order valence-corrected chi connectivity index (χ3v) is 2.45. The number of ether oxygens (including phenoxy) is 2. The van der Waals surface area contributed by atoms with Gasteiger partial charge in [0, 0.05) is 5.88 Å². The molecule has 84 valence electrons. The van der Waals surface area contributed by atoms with Crippen molar-refractivity contribution in [2.24, 2.45) is 0 Å². The van der Waals surface area contributed by atoms with E-state index in [-0.39, 0.29) is 0 Å². The van der Waals surface area contributed by atoms with Crippen molar-refractivity contribution in [3.63, 3.8) is 0 Å². The first-order valence-corrected chi connectivity index (χ1v) is 5.71. The highest BCUT2D eigenvalue weighted by molar-refractivity contribution is 6.17. The van der Waals surface area contributed by atoms with Gasteiger partial charge >= 0.3 is 0 Å². The molecule has 0 aliphatic heterocycles. The summed E-state index contributed by atoms with van der Waals surface area (Å²) in [6.45, 7) is 2.86. The van der Waals surface area contributed by atoms with Crippen molar-refractivity contribution in [1.29, 1.82) is 0 Å². The maximum atomic E-state index is 5.76. The van der Waals surface area contributed by atoms with Gasteiger partial charge in [-0.3, -0.25) is 0 Å². The van der Waals surface area contributed by atoms with Gasteiger partial charge in [-0.15, -0.1) is 11.6 Å². The summed E-state index contributed by atoms with van der Waals surface area (Å²) in [6, 6.07) is 5.76. The average molecular weight is 229 g/mol. The number of rotatable bonds is 6. The molecule has 2 nitrogen and oxygen atoms in total. The second-order valence-electron chi connectivity index (χ2n) is 3.32. The highest BCUT2D eigenvalue weighted by atomic mass is 35.5. The zero-order valence-corrected chi connectivity index (χ0v) is 10.0. The molecule has 0 radical (unpaired) electrons. The minimum atomic E-state index is 0.494. The minimum absolute atomic E-state index is 0.494. The van der Waals surface area contributed by atoms with Gasteiger partial charge in [-0.25, -0.2) is 0 Å². The van der Waals surface area contributed by atoms with Gasteiger partial charge in [0.15, 0.2) is 11.5 Å². The molecule has 0 bridgehead atoms. The summed E-state index contributed by atoms with van der Waals surface area (Å²) in [5.74, 6) is 2.04. The van der Waals surface area contributed by atoms with Crippen molar-refractivity contribution < 1.29 is 9.47 Å². The van der Waals surface area contributed by atoms with Crippen molar-refractivity contribution in [2.75, 3.05) is 13.7 Å². The van der Waals surface area contributed by atoms with Crippen LogP contribution in [-0.2, 0) is 5.88 Å². The average Bonchev–Trinajstić information content (AvgIpc) is 2.29. The molecule has 0 N–H and O–H groups in total. The Morgan fingerprint density at radius 1 is 1.27 bits per heavy atom. The van der Waals surface area contributed by atoms with E-state index < -0.39 is 0 Å². The normalized spacial score (nSPS) is 10.1. The summed E-state index contributed by atoms with van der Waals surface area (Å²) in [7, 11) is 1.64. The van der Waals surface area contributed by atoms with Gasteiger partial charge in [0.2, 0.25) is 0 Å². The summed E-state index contributed by atoms with van der Waals surface area (Å²) >= 11 is 5.76. The van der Waals surface area contributed by atoms with E-state index in [1.807, 2.05) is 18.2 Å². The fraction of sp³-hybridized carbons (Fsp3) is 0.500. The second-order valence-corrected chi connectivity index (χ2v) is 3.59. The fourth-order valence-corrected chi connectivity index (χ4v) is 1.41. The molecule has 0 saturated carbocycles. The molecule has 0 aliphatic carbocycles. The van der Waals surface area contributed by atoms with Crippen molar-refractivity contribution in [3.8, 4) is 11.5 Å². The van der Waals surface area contributed by atoms with Crippen LogP contribution in [-0.4, -0.2) is 13.7 Å². The van der Waals surface area contributed by atoms with Gasteiger partial charge < -0.3 is 9.47 Å². The van der Waals surface area contributed by atoms with Crippen LogP contribution in [0.5, 0.6) is 11.5 Å². The third kappa shape index (κ3) is 3.63. The molecule has 1 rings (SSSR count). The molecule has 15 heavy (non-hydrogen) atoms. The molecule has 0 heterocycles. The molecular formula is C12H17ClO2. The molecule has 0 aliphatic rings. The quantitative estimate of drug-likeness (QED) is 0.547.